The number of amides is 1. The van der Waals surface area contributed by atoms with E-state index in [2.05, 4.69) is 25.1 Å². The minimum absolute atomic E-state index is 0.00273. The molecule has 0 aliphatic carbocycles. The summed E-state index contributed by atoms with van der Waals surface area (Å²) < 4.78 is 3.68. The van der Waals surface area contributed by atoms with Crippen molar-refractivity contribution in [3.05, 3.63) is 6.20 Å². The van der Waals surface area contributed by atoms with Gasteiger partial charge in [-0.15, -0.1) is 5.10 Å². The monoisotopic (exact) mass is 227 g/mol. The second-order valence-corrected chi connectivity index (χ2v) is 4.14. The zero-order chi connectivity index (χ0) is 10.5. The van der Waals surface area contributed by atoms with E-state index in [4.69, 9.17) is 0 Å². The Morgan fingerprint density at radius 3 is 3.07 bits per heavy atom. The smallest absolute Gasteiger partial charge is 0.239 e. The average molecular weight is 227 g/mol. The molecule has 2 rings (SSSR count). The number of aromatic nitrogens is 2. The van der Waals surface area contributed by atoms with E-state index in [-0.39, 0.29) is 5.91 Å². The molecule has 1 amide bonds. The summed E-state index contributed by atoms with van der Waals surface area (Å²) >= 11 is 1.19. The number of carbonyl (C=O) groups excluding carboxylic acids is 1. The van der Waals surface area contributed by atoms with Crippen molar-refractivity contribution >= 4 is 22.4 Å². The standard InChI is InChI=1S/C8H13N5OS/c14-7(11-8-5-10-12-15-8)6-13-3-1-9-2-4-13/h5,9H,1-4,6H2,(H,11,14). The third kappa shape index (κ3) is 3.22. The van der Waals surface area contributed by atoms with Gasteiger partial charge in [-0.1, -0.05) is 4.49 Å². The number of nitrogens with one attached hydrogen (secondary N) is 2. The second-order valence-electron chi connectivity index (χ2n) is 3.36. The average Bonchev–Trinajstić information content (AvgIpc) is 2.71. The molecule has 0 atom stereocenters. The first kappa shape index (κ1) is 10.5. The minimum Gasteiger partial charge on any atom is -0.314 e. The molecule has 1 aromatic rings. The van der Waals surface area contributed by atoms with E-state index in [1.807, 2.05) is 0 Å². The van der Waals surface area contributed by atoms with E-state index in [1.54, 1.807) is 6.20 Å². The van der Waals surface area contributed by atoms with Crippen LogP contribution in [0.3, 0.4) is 0 Å². The Hall–Kier alpha value is -1.05. The summed E-state index contributed by atoms with van der Waals surface area (Å²) in [6, 6.07) is 0. The summed E-state index contributed by atoms with van der Waals surface area (Å²) in [4.78, 5) is 13.7. The highest BCUT2D eigenvalue weighted by Crippen LogP contribution is 2.08. The fourth-order valence-electron chi connectivity index (χ4n) is 1.47. The maximum absolute atomic E-state index is 11.6. The molecule has 0 aromatic carbocycles. The second kappa shape index (κ2) is 5.15. The van der Waals surface area contributed by atoms with Gasteiger partial charge in [-0.2, -0.15) is 0 Å². The number of anilines is 1. The molecule has 1 saturated heterocycles. The Bertz CT molecular complexity index is 309. The van der Waals surface area contributed by atoms with E-state index in [1.165, 1.54) is 11.5 Å². The number of hydrogen-bond donors (Lipinski definition) is 2. The normalized spacial score (nSPS) is 17.6. The highest BCUT2D eigenvalue weighted by Gasteiger charge is 2.13. The van der Waals surface area contributed by atoms with Crippen molar-refractivity contribution in [2.45, 2.75) is 0 Å². The Morgan fingerprint density at radius 1 is 1.60 bits per heavy atom. The summed E-state index contributed by atoms with van der Waals surface area (Å²) in [6.45, 7) is 4.20. The van der Waals surface area contributed by atoms with E-state index in [0.717, 1.165) is 26.2 Å². The fraction of sp³-hybridized carbons (Fsp3) is 0.625. The molecule has 1 fully saturated rings. The molecule has 6 nitrogen and oxygen atoms in total. The summed E-state index contributed by atoms with van der Waals surface area (Å²) in [5.74, 6) is 0.00273. The molecule has 82 valence electrons. The van der Waals surface area contributed by atoms with Gasteiger partial charge in [0.1, 0.15) is 5.00 Å². The van der Waals surface area contributed by atoms with E-state index < -0.39 is 0 Å². The van der Waals surface area contributed by atoms with Crippen LogP contribution in [-0.2, 0) is 4.79 Å². The lowest BCUT2D eigenvalue weighted by atomic mass is 10.3. The fourth-order valence-corrected chi connectivity index (χ4v) is 1.91. The van der Waals surface area contributed by atoms with Crippen LogP contribution in [0.5, 0.6) is 0 Å². The molecule has 2 heterocycles. The Labute approximate surface area is 91.8 Å². The van der Waals surface area contributed by atoms with Crippen LogP contribution in [0.2, 0.25) is 0 Å². The Kier molecular flexibility index (Phi) is 3.59. The van der Waals surface area contributed by atoms with Crippen LogP contribution in [0, 0.1) is 0 Å². The molecule has 0 radical (unpaired) electrons. The van der Waals surface area contributed by atoms with Crippen LogP contribution in [0.25, 0.3) is 0 Å². The predicted molar refractivity (Wildman–Crippen MR) is 57.8 cm³/mol. The van der Waals surface area contributed by atoms with Crippen molar-refractivity contribution in [3.63, 3.8) is 0 Å². The van der Waals surface area contributed by atoms with Crippen LogP contribution in [0.4, 0.5) is 5.00 Å². The molecular formula is C8H13N5OS. The molecule has 0 unspecified atom stereocenters. The molecule has 0 spiro atoms. The third-order valence-electron chi connectivity index (χ3n) is 2.20. The van der Waals surface area contributed by atoms with Crippen LogP contribution in [0.1, 0.15) is 0 Å². The summed E-state index contributed by atoms with van der Waals surface area (Å²) in [5.41, 5.74) is 0. The first-order chi connectivity index (χ1) is 7.34. The van der Waals surface area contributed by atoms with Gasteiger partial charge in [0.25, 0.3) is 0 Å². The maximum Gasteiger partial charge on any atom is 0.239 e. The summed E-state index contributed by atoms with van der Waals surface area (Å²) in [5, 5.41) is 10.4. The number of carbonyl (C=O) groups is 1. The lowest BCUT2D eigenvalue weighted by molar-refractivity contribution is -0.117. The minimum atomic E-state index is 0.00273. The van der Waals surface area contributed by atoms with Crippen LogP contribution >= 0.6 is 11.5 Å². The molecule has 1 aliphatic rings. The molecule has 0 bridgehead atoms. The van der Waals surface area contributed by atoms with Gasteiger partial charge in [-0.25, -0.2) is 0 Å². The zero-order valence-corrected chi connectivity index (χ0v) is 9.09. The quantitative estimate of drug-likeness (QED) is 0.720. The molecule has 7 heteroatoms. The number of hydrogen-bond acceptors (Lipinski definition) is 6. The van der Waals surface area contributed by atoms with Gasteiger partial charge in [0.15, 0.2) is 0 Å². The van der Waals surface area contributed by atoms with Crippen molar-refractivity contribution in [3.8, 4) is 0 Å². The Morgan fingerprint density at radius 2 is 2.40 bits per heavy atom. The van der Waals surface area contributed by atoms with Gasteiger partial charge in [-0.05, 0) is 0 Å². The number of rotatable bonds is 3. The van der Waals surface area contributed by atoms with E-state index in [9.17, 15) is 4.79 Å². The van der Waals surface area contributed by atoms with Crippen LogP contribution in [0.15, 0.2) is 6.20 Å². The van der Waals surface area contributed by atoms with Gasteiger partial charge in [-0.3, -0.25) is 9.69 Å². The highest BCUT2D eigenvalue weighted by molar-refractivity contribution is 7.10. The lowest BCUT2D eigenvalue weighted by Crippen LogP contribution is -2.46. The molecule has 1 aliphatic heterocycles. The Balaban J connectivity index is 1.76. The van der Waals surface area contributed by atoms with Gasteiger partial charge in [0.2, 0.25) is 5.91 Å². The summed E-state index contributed by atoms with van der Waals surface area (Å²) in [7, 11) is 0. The first-order valence-electron chi connectivity index (χ1n) is 4.85. The van der Waals surface area contributed by atoms with Gasteiger partial charge in [0, 0.05) is 37.7 Å². The molecule has 0 saturated carbocycles. The maximum atomic E-state index is 11.6. The van der Waals surface area contributed by atoms with Crippen molar-refractivity contribution in [2.75, 3.05) is 38.0 Å². The van der Waals surface area contributed by atoms with Crippen molar-refractivity contribution in [1.82, 2.24) is 19.8 Å². The highest BCUT2D eigenvalue weighted by atomic mass is 32.1. The number of piperazine rings is 1. The van der Waals surface area contributed by atoms with Gasteiger partial charge >= 0.3 is 0 Å². The predicted octanol–water partition coefficient (Wildman–Crippen LogP) is -0.618. The lowest BCUT2D eigenvalue weighted by Gasteiger charge is -2.26. The SMILES string of the molecule is O=C(CN1CCNCC1)Nc1cnns1. The number of nitrogens with zero attached hydrogens (tertiary/aromatic N) is 3. The molecule has 1 aromatic heterocycles. The van der Waals surface area contributed by atoms with Crippen molar-refractivity contribution in [2.24, 2.45) is 0 Å². The first-order valence-corrected chi connectivity index (χ1v) is 5.62. The van der Waals surface area contributed by atoms with E-state index >= 15 is 0 Å². The topological polar surface area (TPSA) is 70.2 Å². The summed E-state index contributed by atoms with van der Waals surface area (Å²) in [6.07, 6.45) is 1.56. The van der Waals surface area contributed by atoms with Gasteiger partial charge in [0.05, 0.1) is 12.7 Å². The molecule has 2 N–H and O–H groups in total. The molecule has 15 heavy (non-hydrogen) atoms. The van der Waals surface area contributed by atoms with Crippen molar-refractivity contribution in [1.29, 1.82) is 0 Å². The largest absolute Gasteiger partial charge is 0.314 e. The van der Waals surface area contributed by atoms with Crippen LogP contribution in [-0.4, -0.2) is 53.1 Å². The zero-order valence-electron chi connectivity index (χ0n) is 8.27. The van der Waals surface area contributed by atoms with E-state index in [0.29, 0.717) is 11.5 Å². The van der Waals surface area contributed by atoms with Crippen LogP contribution < -0.4 is 10.6 Å². The third-order valence-corrected chi connectivity index (χ3v) is 2.78. The van der Waals surface area contributed by atoms with Crippen molar-refractivity contribution < 1.29 is 4.79 Å². The molecular weight excluding hydrogens is 214 g/mol. The van der Waals surface area contributed by atoms with Gasteiger partial charge < -0.3 is 10.6 Å².